The van der Waals surface area contributed by atoms with Crippen LogP contribution in [0.5, 0.6) is 0 Å². The van der Waals surface area contributed by atoms with Crippen LogP contribution in [0.3, 0.4) is 0 Å². The van der Waals surface area contributed by atoms with Gasteiger partial charge in [0.1, 0.15) is 0 Å². The number of nitrogens with zero attached hydrogens (tertiary/aromatic N) is 3. The van der Waals surface area contributed by atoms with E-state index in [4.69, 9.17) is 0 Å². The second kappa shape index (κ2) is 4.75. The minimum atomic E-state index is -3.47. The topological polar surface area (TPSA) is 67.2 Å². The quantitative estimate of drug-likeness (QED) is 0.815. The highest BCUT2D eigenvalue weighted by atomic mass is 32.2. The molecule has 2 rings (SSSR count). The first-order chi connectivity index (χ1) is 7.97. The summed E-state index contributed by atoms with van der Waals surface area (Å²) in [6.07, 6.45) is 4.90. The molecular weight excluding hydrogens is 240 g/mol. The van der Waals surface area contributed by atoms with Gasteiger partial charge < -0.3 is 9.47 Å². The summed E-state index contributed by atoms with van der Waals surface area (Å²) in [5.41, 5.74) is 0. The number of likely N-dealkylation sites (tertiary alicyclic amines) is 1. The maximum absolute atomic E-state index is 12.0. The van der Waals surface area contributed by atoms with Crippen molar-refractivity contribution >= 4 is 10.0 Å². The van der Waals surface area contributed by atoms with E-state index in [0.717, 1.165) is 25.9 Å². The largest absolute Gasteiger partial charge is 0.339 e. The number of imidazole rings is 1. The molecule has 0 saturated carbocycles. The number of nitrogens with one attached hydrogen (secondary N) is 1. The highest BCUT2D eigenvalue weighted by molar-refractivity contribution is 7.89. The number of likely N-dealkylation sites (N-methyl/N-ethyl adjacent to an activating group) is 1. The highest BCUT2D eigenvalue weighted by Crippen LogP contribution is 2.12. The van der Waals surface area contributed by atoms with Crippen LogP contribution in [0.2, 0.25) is 0 Å². The zero-order chi connectivity index (χ0) is 12.5. The van der Waals surface area contributed by atoms with Gasteiger partial charge in [-0.15, -0.1) is 0 Å². The molecule has 0 radical (unpaired) electrons. The lowest BCUT2D eigenvalue weighted by molar-refractivity contribution is 0.242. The van der Waals surface area contributed by atoms with Crippen LogP contribution in [-0.4, -0.2) is 49.0 Å². The van der Waals surface area contributed by atoms with E-state index >= 15 is 0 Å². The summed E-state index contributed by atoms with van der Waals surface area (Å²) in [6.45, 7) is 1.79. The van der Waals surface area contributed by atoms with Crippen LogP contribution in [0.4, 0.5) is 0 Å². The molecule has 1 atom stereocenters. The first kappa shape index (κ1) is 12.5. The average molecular weight is 258 g/mol. The molecule has 1 aliphatic heterocycles. The number of sulfonamides is 1. The van der Waals surface area contributed by atoms with Gasteiger partial charge in [-0.3, -0.25) is 0 Å². The molecule has 17 heavy (non-hydrogen) atoms. The van der Waals surface area contributed by atoms with Crippen molar-refractivity contribution < 1.29 is 8.42 Å². The summed E-state index contributed by atoms with van der Waals surface area (Å²) in [6, 6.07) is -0.0132. The van der Waals surface area contributed by atoms with Gasteiger partial charge in [0.25, 0.3) is 10.0 Å². The molecule has 1 aliphatic rings. The van der Waals surface area contributed by atoms with Crippen LogP contribution in [0, 0.1) is 0 Å². The van der Waals surface area contributed by atoms with Crippen LogP contribution >= 0.6 is 0 Å². The normalized spacial score (nSPS) is 22.8. The molecule has 0 aromatic carbocycles. The van der Waals surface area contributed by atoms with Crippen molar-refractivity contribution in [3.8, 4) is 0 Å². The van der Waals surface area contributed by atoms with Crippen LogP contribution in [0.25, 0.3) is 0 Å². The van der Waals surface area contributed by atoms with Gasteiger partial charge in [0.05, 0.1) is 6.33 Å². The summed E-state index contributed by atoms with van der Waals surface area (Å²) in [5, 5.41) is 0.0910. The predicted molar refractivity (Wildman–Crippen MR) is 64.0 cm³/mol. The molecule has 1 aromatic rings. The zero-order valence-corrected chi connectivity index (χ0v) is 10.9. The molecule has 0 bridgehead atoms. The molecule has 1 N–H and O–H groups in total. The Balaban J connectivity index is 2.07. The van der Waals surface area contributed by atoms with Crippen molar-refractivity contribution in [1.29, 1.82) is 0 Å². The van der Waals surface area contributed by atoms with E-state index in [9.17, 15) is 8.42 Å². The monoisotopic (exact) mass is 258 g/mol. The smallest absolute Gasteiger partial charge is 0.259 e. The number of hydrogen-bond acceptors (Lipinski definition) is 4. The Morgan fingerprint density at radius 2 is 2.24 bits per heavy atom. The maximum atomic E-state index is 12.0. The van der Waals surface area contributed by atoms with E-state index in [1.807, 2.05) is 7.05 Å². The fourth-order valence-corrected chi connectivity index (χ4v) is 3.31. The van der Waals surface area contributed by atoms with Crippen molar-refractivity contribution in [2.24, 2.45) is 7.05 Å². The first-order valence-corrected chi connectivity index (χ1v) is 7.14. The standard InChI is InChI=1S/C10H18N4O2S/c1-13-5-3-4-9(6-13)12-17(15,16)10-7-14(2)8-11-10/h7-9,12H,3-6H2,1-2H3. The fraction of sp³-hybridized carbons (Fsp3) is 0.700. The zero-order valence-electron chi connectivity index (χ0n) is 10.1. The lowest BCUT2D eigenvalue weighted by Crippen LogP contribution is -2.46. The molecular formula is C10H18N4O2S. The lowest BCUT2D eigenvalue weighted by atomic mass is 10.1. The minimum absolute atomic E-state index is 0.0132. The van der Waals surface area contributed by atoms with Crippen LogP contribution in [-0.2, 0) is 17.1 Å². The third-order valence-electron chi connectivity index (χ3n) is 2.90. The third kappa shape index (κ3) is 3.05. The van der Waals surface area contributed by atoms with Crippen LogP contribution in [0.1, 0.15) is 12.8 Å². The minimum Gasteiger partial charge on any atom is -0.339 e. The van der Waals surface area contributed by atoms with Gasteiger partial charge in [0, 0.05) is 25.8 Å². The Kier molecular flexibility index (Phi) is 3.50. The molecule has 1 unspecified atom stereocenters. The van der Waals surface area contributed by atoms with Crippen molar-refractivity contribution in [1.82, 2.24) is 19.2 Å². The summed E-state index contributed by atoms with van der Waals surface area (Å²) in [4.78, 5) is 6.00. The van der Waals surface area contributed by atoms with E-state index in [-0.39, 0.29) is 11.1 Å². The number of rotatable bonds is 3. The second-order valence-electron chi connectivity index (χ2n) is 4.60. The molecule has 1 saturated heterocycles. The number of hydrogen-bond donors (Lipinski definition) is 1. The summed E-state index contributed by atoms with van der Waals surface area (Å²) < 4.78 is 28.4. The molecule has 0 amide bonds. The molecule has 0 spiro atoms. The summed E-state index contributed by atoms with van der Waals surface area (Å²) in [7, 11) is 0.281. The van der Waals surface area contributed by atoms with Gasteiger partial charge in [0.2, 0.25) is 0 Å². The van der Waals surface area contributed by atoms with Gasteiger partial charge in [0.15, 0.2) is 5.03 Å². The Bertz CT molecular complexity index is 482. The maximum Gasteiger partial charge on any atom is 0.259 e. The Morgan fingerprint density at radius 1 is 1.47 bits per heavy atom. The van der Waals surface area contributed by atoms with E-state index in [2.05, 4.69) is 14.6 Å². The molecule has 7 heteroatoms. The second-order valence-corrected chi connectivity index (χ2v) is 6.26. The Labute approximate surface area is 102 Å². The molecule has 6 nitrogen and oxygen atoms in total. The highest BCUT2D eigenvalue weighted by Gasteiger charge is 2.25. The van der Waals surface area contributed by atoms with Crippen molar-refractivity contribution in [2.45, 2.75) is 23.9 Å². The summed E-state index contributed by atoms with van der Waals surface area (Å²) in [5.74, 6) is 0. The number of aryl methyl sites for hydroxylation is 1. The van der Waals surface area contributed by atoms with Crippen molar-refractivity contribution in [3.63, 3.8) is 0 Å². The predicted octanol–water partition coefficient (Wildman–Crippen LogP) is -0.207. The van der Waals surface area contributed by atoms with Crippen molar-refractivity contribution in [3.05, 3.63) is 12.5 Å². The van der Waals surface area contributed by atoms with Gasteiger partial charge in [-0.25, -0.2) is 18.1 Å². The lowest BCUT2D eigenvalue weighted by Gasteiger charge is -2.29. The van der Waals surface area contributed by atoms with E-state index in [1.165, 1.54) is 12.5 Å². The first-order valence-electron chi connectivity index (χ1n) is 5.66. The molecule has 2 heterocycles. The van der Waals surface area contributed by atoms with E-state index < -0.39 is 10.0 Å². The van der Waals surface area contributed by atoms with Gasteiger partial charge >= 0.3 is 0 Å². The van der Waals surface area contributed by atoms with E-state index in [1.54, 1.807) is 11.6 Å². The molecule has 96 valence electrons. The van der Waals surface area contributed by atoms with Gasteiger partial charge in [-0.05, 0) is 26.4 Å². The van der Waals surface area contributed by atoms with Gasteiger partial charge in [-0.2, -0.15) is 0 Å². The summed E-state index contributed by atoms with van der Waals surface area (Å²) >= 11 is 0. The van der Waals surface area contributed by atoms with Crippen LogP contribution < -0.4 is 4.72 Å². The van der Waals surface area contributed by atoms with Gasteiger partial charge in [-0.1, -0.05) is 0 Å². The Morgan fingerprint density at radius 3 is 2.82 bits per heavy atom. The van der Waals surface area contributed by atoms with Crippen molar-refractivity contribution in [2.75, 3.05) is 20.1 Å². The number of aromatic nitrogens is 2. The third-order valence-corrected chi connectivity index (χ3v) is 4.31. The Hall–Kier alpha value is -0.920. The average Bonchev–Trinajstić information content (AvgIpc) is 2.65. The fourth-order valence-electron chi connectivity index (χ4n) is 2.07. The molecule has 1 fully saturated rings. The SMILES string of the molecule is CN1CCCC(NS(=O)(=O)c2cn(C)cn2)C1. The van der Waals surface area contributed by atoms with Crippen LogP contribution in [0.15, 0.2) is 17.6 Å². The number of piperidine rings is 1. The molecule has 0 aliphatic carbocycles. The van der Waals surface area contributed by atoms with E-state index in [0.29, 0.717) is 0 Å². The molecule has 1 aromatic heterocycles.